The summed E-state index contributed by atoms with van der Waals surface area (Å²) in [6.07, 6.45) is 0. The molecule has 5 heteroatoms. The zero-order valence-corrected chi connectivity index (χ0v) is 26.1. The predicted molar refractivity (Wildman–Crippen MR) is 205 cm³/mol. The number of aromatic nitrogens is 5. The Morgan fingerprint density at radius 3 is 1.58 bits per heavy atom. The molecule has 234 valence electrons. The van der Waals surface area contributed by atoms with Gasteiger partial charge in [0.15, 0.2) is 11.6 Å². The highest BCUT2D eigenvalue weighted by molar-refractivity contribution is 6.10. The molecule has 0 aliphatic carbocycles. The number of rotatable bonds is 5. The van der Waals surface area contributed by atoms with Crippen LogP contribution in [0.25, 0.3) is 89.2 Å². The van der Waals surface area contributed by atoms with Gasteiger partial charge in [-0.15, -0.1) is 0 Å². The zero-order valence-electron chi connectivity index (χ0n) is 38.1. The van der Waals surface area contributed by atoms with Gasteiger partial charge in [0.2, 0.25) is 5.95 Å². The van der Waals surface area contributed by atoms with Gasteiger partial charge in [0.25, 0.3) is 0 Å². The molecule has 0 spiro atoms. The summed E-state index contributed by atoms with van der Waals surface area (Å²) < 4.78 is 110. The molecule has 10 rings (SSSR count). The minimum Gasteiger partial charge on any atom is -0.309 e. The lowest BCUT2D eigenvalue weighted by Crippen LogP contribution is -2.06. The first-order chi connectivity index (χ1) is 29.8. The maximum absolute atomic E-state index is 9.49. The van der Waals surface area contributed by atoms with Crippen molar-refractivity contribution in [3.63, 3.8) is 0 Å². The normalized spacial score (nSPS) is 15.0. The SMILES string of the molecule is [2H]c1c([2H])c(-n2c3c([2H])c([2H])c([2H])c([2H])c3c3c([2H])c([2H])c([2H])c([2H])c32)c([2H])c([2H])c1-c1nc(-c2cccc(-c3ccccc3)c2)nc(-n2c3ccccc3c3ccccc32)n1. The molecule has 0 unspecified atom stereocenters. The summed E-state index contributed by atoms with van der Waals surface area (Å²) >= 11 is 0. The molecule has 0 saturated heterocycles. The van der Waals surface area contributed by atoms with Crippen LogP contribution in [0, 0.1) is 0 Å². The molecule has 0 saturated carbocycles. The van der Waals surface area contributed by atoms with Crippen molar-refractivity contribution in [1.29, 1.82) is 0 Å². The van der Waals surface area contributed by atoms with Crippen LogP contribution in [0.2, 0.25) is 0 Å². The number of benzene rings is 7. The Labute approximate surface area is 305 Å². The van der Waals surface area contributed by atoms with Crippen molar-refractivity contribution < 1.29 is 16.4 Å². The average molecular weight is 652 g/mol. The highest BCUT2D eigenvalue weighted by Gasteiger charge is 2.18. The standard InChI is InChI=1S/C45H29N5/c1-2-13-30(14-3-1)32-15-12-16-33(29-32)44-46-43(47-45(48-44)50-41-23-10-6-19-37(41)38-20-7-11-24-42(38)50)31-25-27-34(28-26-31)49-39-21-8-4-17-35(39)36-18-5-9-22-40(36)49/h1-29H/i4D,5D,8D,9D,17D,18D,21D,22D,25D,26D,27D,28D. The van der Waals surface area contributed by atoms with Crippen LogP contribution in [0.3, 0.4) is 0 Å². The van der Waals surface area contributed by atoms with Crippen molar-refractivity contribution in [2.24, 2.45) is 0 Å². The van der Waals surface area contributed by atoms with Crippen molar-refractivity contribution >= 4 is 43.6 Å². The van der Waals surface area contributed by atoms with E-state index < -0.39 is 78.2 Å². The van der Waals surface area contributed by atoms with E-state index >= 15 is 0 Å². The lowest BCUT2D eigenvalue weighted by Gasteiger charge is -2.12. The molecule has 0 N–H and O–H groups in total. The van der Waals surface area contributed by atoms with E-state index in [4.69, 9.17) is 25.9 Å². The van der Waals surface area contributed by atoms with E-state index in [1.807, 2.05) is 108 Å². The highest BCUT2D eigenvalue weighted by Crippen LogP contribution is 2.35. The Morgan fingerprint density at radius 1 is 0.380 bits per heavy atom. The topological polar surface area (TPSA) is 48.5 Å². The summed E-state index contributed by atoms with van der Waals surface area (Å²) in [5.74, 6) is 0.134. The smallest absolute Gasteiger partial charge is 0.238 e. The highest BCUT2D eigenvalue weighted by atomic mass is 15.2. The third-order valence-electron chi connectivity index (χ3n) is 8.72. The third kappa shape index (κ3) is 4.52. The molecule has 3 aromatic heterocycles. The Bertz CT molecular complexity index is 3410. The van der Waals surface area contributed by atoms with Crippen LogP contribution in [0.4, 0.5) is 0 Å². The minimum atomic E-state index is -0.680. The summed E-state index contributed by atoms with van der Waals surface area (Å²) in [6, 6.07) is 25.1. The number of hydrogen-bond donors (Lipinski definition) is 0. The largest absolute Gasteiger partial charge is 0.309 e. The van der Waals surface area contributed by atoms with Crippen LogP contribution in [0.5, 0.6) is 0 Å². The molecular formula is C45H29N5. The summed E-state index contributed by atoms with van der Waals surface area (Å²) in [7, 11) is 0. The van der Waals surface area contributed by atoms with Gasteiger partial charge < -0.3 is 4.57 Å². The van der Waals surface area contributed by atoms with Gasteiger partial charge in [-0.1, -0.05) is 121 Å². The van der Waals surface area contributed by atoms with Crippen molar-refractivity contribution in [3.05, 3.63) is 176 Å². The first kappa shape index (κ1) is 18.6. The average Bonchev–Trinajstić information content (AvgIpc) is 3.83. The second-order valence-corrected chi connectivity index (χ2v) is 11.6. The van der Waals surface area contributed by atoms with E-state index in [0.29, 0.717) is 5.56 Å². The van der Waals surface area contributed by atoms with Gasteiger partial charge in [0.1, 0.15) is 0 Å². The Kier molecular flexibility index (Phi) is 4.24. The van der Waals surface area contributed by atoms with Crippen LogP contribution in [-0.2, 0) is 0 Å². The monoisotopic (exact) mass is 651 g/mol. The summed E-state index contributed by atoms with van der Waals surface area (Å²) in [4.78, 5) is 14.7. The second-order valence-electron chi connectivity index (χ2n) is 11.6. The second kappa shape index (κ2) is 11.4. The molecular weight excluding hydrogens is 611 g/mol. The number of fused-ring (bicyclic) bond motifs is 6. The van der Waals surface area contributed by atoms with Crippen LogP contribution >= 0.6 is 0 Å². The lowest BCUT2D eigenvalue weighted by molar-refractivity contribution is 0.953. The van der Waals surface area contributed by atoms with Gasteiger partial charge in [-0.2, -0.15) is 9.97 Å². The molecule has 0 fully saturated rings. The van der Waals surface area contributed by atoms with Crippen molar-refractivity contribution in [2.75, 3.05) is 0 Å². The molecule has 10 aromatic rings. The molecule has 0 atom stereocenters. The van der Waals surface area contributed by atoms with Crippen LogP contribution < -0.4 is 0 Å². The van der Waals surface area contributed by atoms with E-state index in [1.165, 1.54) is 0 Å². The molecule has 0 amide bonds. The van der Waals surface area contributed by atoms with Crippen LogP contribution in [0.15, 0.2) is 176 Å². The fourth-order valence-corrected chi connectivity index (χ4v) is 6.49. The fourth-order valence-electron chi connectivity index (χ4n) is 6.49. The van der Waals surface area contributed by atoms with Gasteiger partial charge in [0.05, 0.1) is 38.5 Å². The Balaban J connectivity index is 1.29. The summed E-state index contributed by atoms with van der Waals surface area (Å²) in [6.45, 7) is 0. The van der Waals surface area contributed by atoms with Gasteiger partial charge in [0, 0.05) is 38.4 Å². The molecule has 0 aliphatic rings. The van der Waals surface area contributed by atoms with E-state index in [9.17, 15) is 5.48 Å². The van der Waals surface area contributed by atoms with Gasteiger partial charge in [-0.05, 0) is 65.6 Å². The minimum absolute atomic E-state index is 0.142. The molecule has 0 aliphatic heterocycles. The quantitative estimate of drug-likeness (QED) is 0.186. The van der Waals surface area contributed by atoms with Gasteiger partial charge >= 0.3 is 0 Å². The van der Waals surface area contributed by atoms with E-state index in [0.717, 1.165) is 37.5 Å². The number of hydrogen-bond acceptors (Lipinski definition) is 3. The molecule has 3 heterocycles. The lowest BCUT2D eigenvalue weighted by atomic mass is 10.0. The first-order valence-corrected chi connectivity index (χ1v) is 15.8. The Hall–Kier alpha value is -6.85. The fraction of sp³-hybridized carbons (Fsp3) is 0. The number of nitrogens with zero attached hydrogens (tertiary/aromatic N) is 5. The maximum Gasteiger partial charge on any atom is 0.238 e. The Morgan fingerprint density at radius 2 is 0.920 bits per heavy atom. The van der Waals surface area contributed by atoms with Crippen molar-refractivity contribution in [2.45, 2.75) is 0 Å². The first-order valence-electron chi connectivity index (χ1n) is 21.8. The molecule has 5 nitrogen and oxygen atoms in total. The van der Waals surface area contributed by atoms with Gasteiger partial charge in [-0.3, -0.25) is 4.57 Å². The number of para-hydroxylation sites is 4. The maximum atomic E-state index is 9.49. The van der Waals surface area contributed by atoms with Gasteiger partial charge in [-0.25, -0.2) is 4.98 Å². The van der Waals surface area contributed by atoms with Crippen LogP contribution in [-0.4, -0.2) is 24.1 Å². The molecule has 0 radical (unpaired) electrons. The van der Waals surface area contributed by atoms with E-state index in [2.05, 4.69) is 0 Å². The molecule has 50 heavy (non-hydrogen) atoms. The third-order valence-corrected chi connectivity index (χ3v) is 8.72. The predicted octanol–water partition coefficient (Wildman–Crippen LogP) is 11.1. The molecule has 0 bridgehead atoms. The summed E-state index contributed by atoms with van der Waals surface area (Å²) in [5, 5.41) is 1.34. The summed E-state index contributed by atoms with van der Waals surface area (Å²) in [5.41, 5.74) is 2.49. The van der Waals surface area contributed by atoms with E-state index in [1.54, 1.807) is 0 Å². The zero-order chi connectivity index (χ0) is 43.5. The molecule has 7 aromatic carbocycles. The van der Waals surface area contributed by atoms with Crippen molar-refractivity contribution in [3.8, 4) is 45.5 Å². The van der Waals surface area contributed by atoms with Crippen LogP contribution in [0.1, 0.15) is 16.4 Å². The van der Waals surface area contributed by atoms with E-state index in [-0.39, 0.29) is 45.0 Å². The van der Waals surface area contributed by atoms with Crippen molar-refractivity contribution in [1.82, 2.24) is 24.1 Å².